The van der Waals surface area contributed by atoms with Crippen molar-refractivity contribution in [1.29, 1.82) is 0 Å². The van der Waals surface area contributed by atoms with Crippen LogP contribution in [0.25, 0.3) is 0 Å². The molecule has 3 aromatic rings. The lowest BCUT2D eigenvalue weighted by molar-refractivity contribution is -0.149. The minimum absolute atomic E-state index is 0.00533. The molecule has 0 aliphatic carbocycles. The Labute approximate surface area is 254 Å². The average Bonchev–Trinajstić information content (AvgIpc) is 3.50. The van der Waals surface area contributed by atoms with Gasteiger partial charge in [0.1, 0.15) is 35.4 Å². The number of carbonyl (C=O) groups is 4. The molecule has 0 radical (unpaired) electrons. The van der Waals surface area contributed by atoms with Gasteiger partial charge in [0.05, 0.1) is 6.04 Å². The van der Waals surface area contributed by atoms with Crippen LogP contribution in [0.15, 0.2) is 72.8 Å². The van der Waals surface area contributed by atoms with E-state index in [9.17, 15) is 39.6 Å². The first-order valence-electron chi connectivity index (χ1n) is 14.2. The lowest BCUT2D eigenvalue weighted by atomic mass is 10.0. The molecule has 44 heavy (non-hydrogen) atoms. The van der Waals surface area contributed by atoms with Crippen LogP contribution in [0.5, 0.6) is 17.2 Å². The molecule has 12 heteroatoms. The van der Waals surface area contributed by atoms with E-state index in [1.165, 1.54) is 41.3 Å². The Morgan fingerprint density at radius 2 is 1.14 bits per heavy atom. The minimum atomic E-state index is -1.18. The summed E-state index contributed by atoms with van der Waals surface area (Å²) in [5.41, 5.74) is 8.09. The second-order valence-electron chi connectivity index (χ2n) is 10.9. The van der Waals surface area contributed by atoms with Gasteiger partial charge in [0.25, 0.3) is 0 Å². The summed E-state index contributed by atoms with van der Waals surface area (Å²) in [5, 5.41) is 44.0. The van der Waals surface area contributed by atoms with E-state index in [0.717, 1.165) is 0 Å². The van der Waals surface area contributed by atoms with E-state index in [2.05, 4.69) is 10.6 Å². The number of nitrogens with two attached hydrogens (primary N) is 1. The monoisotopic (exact) mass is 604 g/mol. The number of phenolic OH excluding ortho intramolecular Hbond substituents is 3. The number of aromatic hydroxyl groups is 3. The number of hydrogen-bond acceptors (Lipinski definition) is 8. The lowest BCUT2D eigenvalue weighted by Crippen LogP contribution is -2.58. The van der Waals surface area contributed by atoms with Crippen LogP contribution < -0.4 is 16.4 Å². The van der Waals surface area contributed by atoms with Gasteiger partial charge in [0.2, 0.25) is 17.7 Å². The van der Waals surface area contributed by atoms with E-state index in [-0.39, 0.29) is 43.1 Å². The van der Waals surface area contributed by atoms with Crippen LogP contribution in [0.3, 0.4) is 0 Å². The van der Waals surface area contributed by atoms with Crippen molar-refractivity contribution in [3.8, 4) is 17.2 Å². The highest BCUT2D eigenvalue weighted by atomic mass is 16.4. The van der Waals surface area contributed by atoms with Crippen molar-refractivity contribution in [3.63, 3.8) is 0 Å². The Kier molecular flexibility index (Phi) is 10.4. The fraction of sp³-hybridized carbons (Fsp3) is 0.312. The second kappa shape index (κ2) is 14.4. The molecule has 1 aliphatic rings. The SMILES string of the molecule is NC(Cc1ccc(O)cc1)C(=O)NC(Cc1ccc(O)cc1)C(=O)NC(Cc1ccc(O)cc1)C(=O)N1CCCC1C(=O)O. The topological polar surface area (TPSA) is 203 Å². The van der Waals surface area contributed by atoms with Gasteiger partial charge in [0, 0.05) is 19.4 Å². The van der Waals surface area contributed by atoms with Gasteiger partial charge in [-0.25, -0.2) is 4.79 Å². The quantitative estimate of drug-likeness (QED) is 0.159. The zero-order valence-electron chi connectivity index (χ0n) is 23.9. The van der Waals surface area contributed by atoms with Crippen LogP contribution in [-0.2, 0) is 38.4 Å². The predicted octanol–water partition coefficient (Wildman–Crippen LogP) is 1.20. The Hall–Kier alpha value is -5.10. The third-order valence-electron chi connectivity index (χ3n) is 7.55. The number of nitrogens with zero attached hydrogens (tertiary/aromatic N) is 1. The zero-order valence-corrected chi connectivity index (χ0v) is 23.9. The number of aliphatic carboxylic acids is 1. The molecular formula is C32H36N4O8. The van der Waals surface area contributed by atoms with Crippen molar-refractivity contribution in [2.45, 2.75) is 56.3 Å². The number of carboxylic acids is 1. The van der Waals surface area contributed by atoms with Gasteiger partial charge in [-0.15, -0.1) is 0 Å². The lowest BCUT2D eigenvalue weighted by Gasteiger charge is -2.29. The largest absolute Gasteiger partial charge is 0.508 e. The van der Waals surface area contributed by atoms with Crippen LogP contribution in [0.2, 0.25) is 0 Å². The maximum absolute atomic E-state index is 13.8. The number of rotatable bonds is 12. The van der Waals surface area contributed by atoms with Gasteiger partial charge in [0.15, 0.2) is 0 Å². The van der Waals surface area contributed by atoms with E-state index in [4.69, 9.17) is 5.73 Å². The number of carbonyl (C=O) groups excluding carboxylic acids is 3. The number of carboxylic acid groups (broad SMARTS) is 1. The molecule has 232 valence electrons. The molecule has 12 nitrogen and oxygen atoms in total. The summed E-state index contributed by atoms with van der Waals surface area (Å²) in [6, 6.07) is 14.0. The molecule has 1 fully saturated rings. The van der Waals surface area contributed by atoms with Gasteiger partial charge in [-0.2, -0.15) is 0 Å². The maximum atomic E-state index is 13.8. The molecule has 0 bridgehead atoms. The van der Waals surface area contributed by atoms with Gasteiger partial charge < -0.3 is 41.7 Å². The number of hydrogen-bond donors (Lipinski definition) is 7. The van der Waals surface area contributed by atoms with E-state index in [1.54, 1.807) is 36.4 Å². The van der Waals surface area contributed by atoms with E-state index < -0.39 is 47.9 Å². The third kappa shape index (κ3) is 8.48. The Morgan fingerprint density at radius 1 is 0.705 bits per heavy atom. The summed E-state index contributed by atoms with van der Waals surface area (Å²) >= 11 is 0. The van der Waals surface area contributed by atoms with Crippen molar-refractivity contribution >= 4 is 23.7 Å². The first-order valence-corrected chi connectivity index (χ1v) is 14.2. The summed E-state index contributed by atoms with van der Waals surface area (Å²) in [6.45, 7) is 0.220. The molecule has 1 aliphatic heterocycles. The molecule has 8 N–H and O–H groups in total. The van der Waals surface area contributed by atoms with Crippen molar-refractivity contribution in [2.75, 3.05) is 6.54 Å². The molecule has 1 saturated heterocycles. The molecule has 3 aromatic carbocycles. The minimum Gasteiger partial charge on any atom is -0.508 e. The smallest absolute Gasteiger partial charge is 0.326 e. The summed E-state index contributed by atoms with van der Waals surface area (Å²) in [5.74, 6) is -2.91. The fourth-order valence-electron chi connectivity index (χ4n) is 5.16. The summed E-state index contributed by atoms with van der Waals surface area (Å²) < 4.78 is 0. The van der Waals surface area contributed by atoms with Crippen molar-refractivity contribution in [2.24, 2.45) is 5.73 Å². The highest BCUT2D eigenvalue weighted by Crippen LogP contribution is 2.21. The fourth-order valence-corrected chi connectivity index (χ4v) is 5.16. The molecule has 0 aromatic heterocycles. The number of benzene rings is 3. The van der Waals surface area contributed by atoms with Gasteiger partial charge in [-0.3, -0.25) is 14.4 Å². The maximum Gasteiger partial charge on any atom is 0.326 e. The van der Waals surface area contributed by atoms with Crippen molar-refractivity contribution in [3.05, 3.63) is 89.5 Å². The van der Waals surface area contributed by atoms with Gasteiger partial charge >= 0.3 is 5.97 Å². The van der Waals surface area contributed by atoms with E-state index in [0.29, 0.717) is 29.5 Å². The summed E-state index contributed by atoms with van der Waals surface area (Å²) in [6.07, 6.45) is 0.937. The predicted molar refractivity (Wildman–Crippen MR) is 160 cm³/mol. The van der Waals surface area contributed by atoms with Crippen LogP contribution in [0.4, 0.5) is 0 Å². The Morgan fingerprint density at radius 3 is 1.61 bits per heavy atom. The molecule has 3 amide bonds. The van der Waals surface area contributed by atoms with Crippen LogP contribution >= 0.6 is 0 Å². The molecule has 4 rings (SSSR count). The molecule has 0 saturated carbocycles. The first-order chi connectivity index (χ1) is 21.0. The van der Waals surface area contributed by atoms with E-state index >= 15 is 0 Å². The molecule has 4 atom stereocenters. The number of likely N-dealkylation sites (tertiary alicyclic amines) is 1. The number of phenols is 3. The van der Waals surface area contributed by atoms with Gasteiger partial charge in [-0.1, -0.05) is 36.4 Å². The molecule has 0 spiro atoms. The molecular weight excluding hydrogens is 568 g/mol. The summed E-state index contributed by atoms with van der Waals surface area (Å²) in [4.78, 5) is 53.7. The molecule has 1 heterocycles. The zero-order chi connectivity index (χ0) is 31.8. The Bertz CT molecular complexity index is 1460. The van der Waals surface area contributed by atoms with Gasteiger partial charge in [-0.05, 0) is 72.4 Å². The van der Waals surface area contributed by atoms with Crippen LogP contribution in [0, 0.1) is 0 Å². The number of amides is 3. The Balaban J connectivity index is 1.57. The standard InChI is InChI=1S/C32H36N4O8/c33-25(16-19-3-9-22(37)10-4-19)29(40)34-26(17-20-5-11-23(38)12-6-20)30(41)35-27(18-21-7-13-24(39)14-8-21)31(42)36-15-1-2-28(36)32(43)44/h3-14,25-28,37-39H,1-2,15-18,33H2,(H,34,40)(H,35,41)(H,43,44). The molecule has 4 unspecified atom stereocenters. The first kappa shape index (κ1) is 31.8. The number of nitrogens with one attached hydrogen (secondary N) is 2. The second-order valence-corrected chi connectivity index (χ2v) is 10.9. The highest BCUT2D eigenvalue weighted by Gasteiger charge is 2.38. The van der Waals surface area contributed by atoms with E-state index in [1.807, 2.05) is 0 Å². The average molecular weight is 605 g/mol. The normalized spacial score (nSPS) is 16.5. The highest BCUT2D eigenvalue weighted by molar-refractivity contribution is 5.94. The van der Waals surface area contributed by atoms with Crippen molar-refractivity contribution < 1.29 is 39.6 Å². The third-order valence-corrected chi connectivity index (χ3v) is 7.55. The van der Waals surface area contributed by atoms with Crippen LogP contribution in [-0.4, -0.2) is 79.7 Å². The van der Waals surface area contributed by atoms with Crippen LogP contribution in [0.1, 0.15) is 29.5 Å². The summed E-state index contributed by atoms with van der Waals surface area (Å²) in [7, 11) is 0. The van der Waals surface area contributed by atoms with Crippen molar-refractivity contribution in [1.82, 2.24) is 15.5 Å².